The van der Waals surface area contributed by atoms with E-state index in [1.54, 1.807) is 6.07 Å². The first-order valence-corrected chi connectivity index (χ1v) is 6.82. The molecule has 2 aliphatic heterocycles. The van der Waals surface area contributed by atoms with Gasteiger partial charge >= 0.3 is 0 Å². The summed E-state index contributed by atoms with van der Waals surface area (Å²) in [6, 6.07) is 3.37. The number of hydrogen-bond acceptors (Lipinski definition) is 6. The van der Waals surface area contributed by atoms with E-state index in [0.29, 0.717) is 17.2 Å². The maximum Gasteiger partial charge on any atom is 0.296 e. The van der Waals surface area contributed by atoms with Crippen LogP contribution in [0.1, 0.15) is 6.42 Å². The number of nitro groups is 1. The lowest BCUT2D eigenvalue weighted by atomic mass is 10.2. The Balaban J connectivity index is 1.92. The average molecular weight is 268 g/mol. The molecule has 1 aromatic rings. The summed E-state index contributed by atoms with van der Waals surface area (Å²) >= 11 is 1.85. The Bertz CT molecular complexity index is 488. The molecule has 3 rings (SSSR count). The maximum atomic E-state index is 11.1. The molecule has 1 aromatic carbocycles. The molecule has 1 fully saturated rings. The van der Waals surface area contributed by atoms with Crippen LogP contribution in [0.3, 0.4) is 0 Å². The predicted octanol–water partition coefficient (Wildman–Crippen LogP) is 2.24. The summed E-state index contributed by atoms with van der Waals surface area (Å²) in [5, 5.41) is 14.3. The van der Waals surface area contributed by atoms with Crippen LogP contribution in [-0.2, 0) is 0 Å². The summed E-state index contributed by atoms with van der Waals surface area (Å²) in [5.74, 6) is 3.07. The minimum Gasteiger partial charge on any atom is -0.454 e. The van der Waals surface area contributed by atoms with Crippen LogP contribution in [0.2, 0.25) is 0 Å². The molecule has 18 heavy (non-hydrogen) atoms. The Kier molecular flexibility index (Phi) is 2.91. The highest BCUT2D eigenvalue weighted by atomic mass is 32.2. The highest BCUT2D eigenvalue weighted by Crippen LogP contribution is 2.41. The van der Waals surface area contributed by atoms with Gasteiger partial charge in [0.05, 0.1) is 11.0 Å². The van der Waals surface area contributed by atoms with Crippen molar-refractivity contribution in [2.75, 3.05) is 23.6 Å². The zero-order valence-corrected chi connectivity index (χ0v) is 10.4. The summed E-state index contributed by atoms with van der Waals surface area (Å²) in [6.45, 7) is 0.120. The molecule has 0 aromatic heterocycles. The minimum atomic E-state index is -0.396. The van der Waals surface area contributed by atoms with E-state index in [9.17, 15) is 10.1 Å². The Hall–Kier alpha value is -1.63. The fraction of sp³-hybridized carbons (Fsp3) is 0.455. The second-order valence-electron chi connectivity index (χ2n) is 4.18. The summed E-state index contributed by atoms with van der Waals surface area (Å²) in [5.41, 5.74) is 0.549. The Labute approximate surface area is 108 Å². The molecule has 1 unspecified atom stereocenters. The van der Waals surface area contributed by atoms with E-state index >= 15 is 0 Å². The van der Waals surface area contributed by atoms with Crippen LogP contribution in [-0.4, -0.2) is 29.3 Å². The lowest BCUT2D eigenvalue weighted by Crippen LogP contribution is -2.18. The van der Waals surface area contributed by atoms with Crippen LogP contribution < -0.4 is 14.8 Å². The molecule has 0 bridgehead atoms. The van der Waals surface area contributed by atoms with Crippen molar-refractivity contribution in [3.63, 3.8) is 0 Å². The molecular formula is C11H12N2O4S. The molecule has 1 saturated heterocycles. The van der Waals surface area contributed by atoms with Crippen LogP contribution in [0.25, 0.3) is 0 Å². The second kappa shape index (κ2) is 4.56. The summed E-state index contributed by atoms with van der Waals surface area (Å²) in [4.78, 5) is 10.7. The van der Waals surface area contributed by atoms with Crippen molar-refractivity contribution in [3.8, 4) is 11.5 Å². The molecule has 2 aliphatic rings. The number of fused-ring (bicyclic) bond motifs is 1. The van der Waals surface area contributed by atoms with Gasteiger partial charge in [-0.05, 0) is 12.2 Å². The van der Waals surface area contributed by atoms with E-state index < -0.39 is 4.92 Å². The van der Waals surface area contributed by atoms with Crippen molar-refractivity contribution in [1.29, 1.82) is 0 Å². The van der Waals surface area contributed by atoms with Gasteiger partial charge < -0.3 is 14.8 Å². The number of benzene rings is 1. The van der Waals surface area contributed by atoms with Crippen molar-refractivity contribution < 1.29 is 14.4 Å². The average Bonchev–Trinajstić information content (AvgIpc) is 2.97. The third kappa shape index (κ3) is 2.05. The molecule has 0 radical (unpaired) electrons. The van der Waals surface area contributed by atoms with Gasteiger partial charge in [-0.3, -0.25) is 10.1 Å². The highest BCUT2D eigenvalue weighted by Gasteiger charge is 2.25. The van der Waals surface area contributed by atoms with E-state index in [1.807, 2.05) is 11.8 Å². The van der Waals surface area contributed by atoms with E-state index in [1.165, 1.54) is 6.07 Å². The molecule has 0 aliphatic carbocycles. The predicted molar refractivity (Wildman–Crippen MR) is 68.6 cm³/mol. The SMILES string of the molecule is O=[N+]([O-])c1cc2c(cc1NC1CCSC1)OCO2. The van der Waals surface area contributed by atoms with Gasteiger partial charge in [0, 0.05) is 17.9 Å². The standard InChI is InChI=1S/C11H12N2O4S/c14-13(15)9-4-11-10(16-6-17-11)3-8(9)12-7-1-2-18-5-7/h3-4,7,12H,1-2,5-6H2. The topological polar surface area (TPSA) is 73.6 Å². The first-order chi connectivity index (χ1) is 8.74. The first kappa shape index (κ1) is 11.5. The molecule has 6 nitrogen and oxygen atoms in total. The number of nitrogens with zero attached hydrogens (tertiary/aromatic N) is 1. The van der Waals surface area contributed by atoms with Gasteiger partial charge in [0.25, 0.3) is 5.69 Å². The van der Waals surface area contributed by atoms with Crippen LogP contribution >= 0.6 is 11.8 Å². The quantitative estimate of drug-likeness (QED) is 0.669. The van der Waals surface area contributed by atoms with Crippen molar-refractivity contribution in [3.05, 3.63) is 22.2 Å². The van der Waals surface area contributed by atoms with E-state index in [0.717, 1.165) is 17.9 Å². The molecule has 1 atom stereocenters. The lowest BCUT2D eigenvalue weighted by molar-refractivity contribution is -0.384. The fourth-order valence-corrected chi connectivity index (χ4v) is 3.22. The van der Waals surface area contributed by atoms with Crippen LogP contribution in [0, 0.1) is 10.1 Å². The van der Waals surface area contributed by atoms with Crippen LogP contribution in [0.15, 0.2) is 12.1 Å². The van der Waals surface area contributed by atoms with Crippen molar-refractivity contribution >= 4 is 23.1 Å². The monoisotopic (exact) mass is 268 g/mol. The molecule has 1 N–H and O–H groups in total. The highest BCUT2D eigenvalue weighted by molar-refractivity contribution is 7.99. The first-order valence-electron chi connectivity index (χ1n) is 5.66. The zero-order valence-electron chi connectivity index (χ0n) is 9.55. The molecule has 2 heterocycles. The van der Waals surface area contributed by atoms with E-state index in [2.05, 4.69) is 5.32 Å². The largest absolute Gasteiger partial charge is 0.454 e. The van der Waals surface area contributed by atoms with Gasteiger partial charge in [-0.25, -0.2) is 0 Å². The smallest absolute Gasteiger partial charge is 0.296 e. The van der Waals surface area contributed by atoms with Crippen molar-refractivity contribution in [2.45, 2.75) is 12.5 Å². The number of hydrogen-bond donors (Lipinski definition) is 1. The Morgan fingerprint density at radius 1 is 1.39 bits per heavy atom. The normalized spacial score (nSPS) is 21.0. The second-order valence-corrected chi connectivity index (χ2v) is 5.33. The number of ether oxygens (including phenoxy) is 2. The van der Waals surface area contributed by atoms with Gasteiger partial charge in [-0.15, -0.1) is 0 Å². The zero-order chi connectivity index (χ0) is 12.5. The molecule has 0 amide bonds. The van der Waals surface area contributed by atoms with Gasteiger partial charge in [0.15, 0.2) is 11.5 Å². The fourth-order valence-electron chi connectivity index (χ4n) is 2.07. The summed E-state index contributed by atoms with van der Waals surface area (Å²) in [7, 11) is 0. The van der Waals surface area contributed by atoms with Gasteiger partial charge in [-0.1, -0.05) is 0 Å². The number of rotatable bonds is 3. The van der Waals surface area contributed by atoms with Crippen LogP contribution in [0.5, 0.6) is 11.5 Å². The minimum absolute atomic E-state index is 0.0381. The summed E-state index contributed by atoms with van der Waals surface area (Å²) in [6.07, 6.45) is 1.02. The van der Waals surface area contributed by atoms with Gasteiger partial charge in [-0.2, -0.15) is 11.8 Å². The third-order valence-corrected chi connectivity index (χ3v) is 4.14. The van der Waals surface area contributed by atoms with Crippen molar-refractivity contribution in [1.82, 2.24) is 0 Å². The van der Waals surface area contributed by atoms with Gasteiger partial charge in [0.2, 0.25) is 6.79 Å². The van der Waals surface area contributed by atoms with Crippen LogP contribution in [0.4, 0.5) is 11.4 Å². The molecule has 0 saturated carbocycles. The Morgan fingerprint density at radius 2 is 2.17 bits per heavy atom. The molecule has 7 heteroatoms. The molecule has 0 spiro atoms. The number of nitro benzene ring substituents is 1. The van der Waals surface area contributed by atoms with Crippen molar-refractivity contribution in [2.24, 2.45) is 0 Å². The Morgan fingerprint density at radius 3 is 2.83 bits per heavy atom. The van der Waals surface area contributed by atoms with E-state index in [-0.39, 0.29) is 18.5 Å². The molecule has 96 valence electrons. The van der Waals surface area contributed by atoms with E-state index in [4.69, 9.17) is 9.47 Å². The third-order valence-electron chi connectivity index (χ3n) is 2.98. The number of nitrogens with one attached hydrogen (secondary N) is 1. The number of thioether (sulfide) groups is 1. The summed E-state index contributed by atoms with van der Waals surface area (Å²) < 4.78 is 10.4. The number of anilines is 1. The lowest BCUT2D eigenvalue weighted by Gasteiger charge is -2.13. The molecular weight excluding hydrogens is 256 g/mol. The maximum absolute atomic E-state index is 11.1. The van der Waals surface area contributed by atoms with Gasteiger partial charge in [0.1, 0.15) is 5.69 Å².